The number of aromatic nitrogens is 2. The second kappa shape index (κ2) is 6.44. The molecule has 0 amide bonds. The number of aromatic amines is 1. The van der Waals surface area contributed by atoms with Gasteiger partial charge in [-0.25, -0.2) is 4.98 Å². The fraction of sp³-hybridized carbons (Fsp3) is 0.176. The van der Waals surface area contributed by atoms with Crippen LogP contribution in [0, 0.1) is 0 Å². The second-order valence-electron chi connectivity index (χ2n) is 5.27. The number of thioether (sulfide) groups is 1. The summed E-state index contributed by atoms with van der Waals surface area (Å²) in [5, 5.41) is 12.4. The van der Waals surface area contributed by atoms with Crippen LogP contribution in [-0.4, -0.2) is 15.1 Å². The summed E-state index contributed by atoms with van der Waals surface area (Å²) in [6, 6.07) is 14.3. The molecule has 0 aliphatic carbocycles. The average Bonchev–Trinajstić information content (AvgIpc) is 2.52. The number of hydrogen-bond acceptors (Lipinski definition) is 5. The molecule has 0 saturated heterocycles. The lowest BCUT2D eigenvalue weighted by Gasteiger charge is -2.09. The number of nitrogens with one attached hydrogen (secondary N) is 1. The maximum atomic E-state index is 12.0. The first kappa shape index (κ1) is 15.6. The number of fused-ring (bicyclic) bond motifs is 1. The highest BCUT2D eigenvalue weighted by molar-refractivity contribution is 7.98. The zero-order valence-electron chi connectivity index (χ0n) is 12.6. The second-order valence-corrected chi connectivity index (χ2v) is 6.24. The first-order valence-corrected chi connectivity index (χ1v) is 8.22. The van der Waals surface area contributed by atoms with Crippen molar-refractivity contribution in [2.75, 3.05) is 5.73 Å². The van der Waals surface area contributed by atoms with E-state index in [1.165, 1.54) is 29.5 Å². The minimum Gasteiger partial charge on any atom is -0.388 e. The van der Waals surface area contributed by atoms with Gasteiger partial charge in [0.25, 0.3) is 5.56 Å². The summed E-state index contributed by atoms with van der Waals surface area (Å²) in [6.45, 7) is 1.49. The van der Waals surface area contributed by atoms with Crippen LogP contribution < -0.4 is 11.3 Å². The van der Waals surface area contributed by atoms with Crippen LogP contribution in [0.2, 0.25) is 0 Å². The minimum absolute atomic E-state index is 0.0733. The van der Waals surface area contributed by atoms with Gasteiger partial charge in [0, 0.05) is 5.75 Å². The van der Waals surface area contributed by atoms with Gasteiger partial charge < -0.3 is 15.8 Å². The number of nitrogens with zero attached hydrogens (tertiary/aromatic N) is 1. The molecule has 4 N–H and O–H groups in total. The summed E-state index contributed by atoms with van der Waals surface area (Å²) < 4.78 is 0. The standard InChI is InChI=1S/C17H17N3O2S/c1-10(21)14-15(18)19-17(20-16(14)22)23-9-12-7-4-6-11-5-2-3-8-13(11)12/h2-8,10,21H,9H2,1H3,(H3,18,19,20,22). The Kier molecular flexibility index (Phi) is 4.36. The molecule has 3 aromatic rings. The smallest absolute Gasteiger partial charge is 0.259 e. The number of anilines is 1. The van der Waals surface area contributed by atoms with Crippen molar-refractivity contribution >= 4 is 28.4 Å². The first-order chi connectivity index (χ1) is 11.1. The van der Waals surface area contributed by atoms with Gasteiger partial charge in [-0.1, -0.05) is 54.2 Å². The molecule has 6 heteroatoms. The number of nitrogens with two attached hydrogens (primary N) is 1. The van der Waals surface area contributed by atoms with Crippen molar-refractivity contribution in [3.8, 4) is 0 Å². The number of rotatable bonds is 4. The summed E-state index contributed by atoms with van der Waals surface area (Å²) in [7, 11) is 0. The molecule has 2 aromatic carbocycles. The van der Waals surface area contributed by atoms with Crippen LogP contribution in [-0.2, 0) is 5.75 Å². The normalized spacial score (nSPS) is 12.4. The third-order valence-electron chi connectivity index (χ3n) is 3.63. The Morgan fingerprint density at radius 3 is 2.74 bits per heavy atom. The van der Waals surface area contributed by atoms with E-state index in [1.807, 2.05) is 18.2 Å². The summed E-state index contributed by atoms with van der Waals surface area (Å²) in [5.41, 5.74) is 6.65. The monoisotopic (exact) mass is 327 g/mol. The minimum atomic E-state index is -0.941. The van der Waals surface area contributed by atoms with Crippen LogP contribution in [0.1, 0.15) is 24.2 Å². The SMILES string of the molecule is CC(O)c1c(N)nc(SCc2cccc3ccccc23)[nH]c1=O. The maximum Gasteiger partial charge on any atom is 0.259 e. The molecule has 0 aliphatic rings. The molecule has 23 heavy (non-hydrogen) atoms. The lowest BCUT2D eigenvalue weighted by Crippen LogP contribution is -2.20. The van der Waals surface area contributed by atoms with Gasteiger partial charge >= 0.3 is 0 Å². The number of aliphatic hydroxyl groups excluding tert-OH is 1. The van der Waals surface area contributed by atoms with Gasteiger partial charge in [-0.2, -0.15) is 0 Å². The van der Waals surface area contributed by atoms with Crippen molar-refractivity contribution < 1.29 is 5.11 Å². The van der Waals surface area contributed by atoms with Crippen molar-refractivity contribution in [3.63, 3.8) is 0 Å². The van der Waals surface area contributed by atoms with Crippen LogP contribution in [0.3, 0.4) is 0 Å². The molecule has 1 unspecified atom stereocenters. The van der Waals surface area contributed by atoms with E-state index in [0.717, 1.165) is 5.56 Å². The predicted molar refractivity (Wildman–Crippen MR) is 93.4 cm³/mol. The van der Waals surface area contributed by atoms with E-state index in [1.54, 1.807) is 0 Å². The highest BCUT2D eigenvalue weighted by Gasteiger charge is 2.14. The van der Waals surface area contributed by atoms with Gasteiger partial charge in [-0.3, -0.25) is 4.79 Å². The molecule has 0 spiro atoms. The molecule has 1 heterocycles. The average molecular weight is 327 g/mol. The molecule has 0 fully saturated rings. The van der Waals surface area contributed by atoms with Crippen molar-refractivity contribution in [1.82, 2.24) is 9.97 Å². The highest BCUT2D eigenvalue weighted by atomic mass is 32.2. The zero-order valence-corrected chi connectivity index (χ0v) is 13.4. The Balaban J connectivity index is 1.87. The number of benzene rings is 2. The van der Waals surface area contributed by atoms with Crippen LogP contribution in [0.5, 0.6) is 0 Å². The van der Waals surface area contributed by atoms with Gasteiger partial charge in [-0.15, -0.1) is 0 Å². The van der Waals surface area contributed by atoms with Gasteiger partial charge in [0.1, 0.15) is 5.82 Å². The van der Waals surface area contributed by atoms with E-state index < -0.39 is 11.7 Å². The third-order valence-corrected chi connectivity index (χ3v) is 4.55. The zero-order chi connectivity index (χ0) is 16.4. The molecule has 0 radical (unpaired) electrons. The molecule has 0 aliphatic heterocycles. The predicted octanol–water partition coefficient (Wildman–Crippen LogP) is 2.85. The number of aliphatic hydroxyl groups is 1. The van der Waals surface area contributed by atoms with Gasteiger partial charge in [-0.05, 0) is 23.3 Å². The summed E-state index contributed by atoms with van der Waals surface area (Å²) >= 11 is 1.41. The molecule has 118 valence electrons. The lowest BCUT2D eigenvalue weighted by atomic mass is 10.1. The van der Waals surface area contributed by atoms with Crippen molar-refractivity contribution in [3.05, 3.63) is 63.9 Å². The molecule has 0 bridgehead atoms. The van der Waals surface area contributed by atoms with E-state index >= 15 is 0 Å². The lowest BCUT2D eigenvalue weighted by molar-refractivity contribution is 0.197. The third kappa shape index (κ3) is 3.23. The van der Waals surface area contributed by atoms with Crippen LogP contribution >= 0.6 is 11.8 Å². The Morgan fingerprint density at radius 1 is 1.26 bits per heavy atom. The number of H-pyrrole nitrogens is 1. The van der Waals surface area contributed by atoms with Gasteiger partial charge in [0.05, 0.1) is 11.7 Å². The van der Waals surface area contributed by atoms with E-state index in [0.29, 0.717) is 10.9 Å². The van der Waals surface area contributed by atoms with E-state index in [9.17, 15) is 9.90 Å². The summed E-state index contributed by atoms with van der Waals surface area (Å²) in [6.07, 6.45) is -0.941. The van der Waals surface area contributed by atoms with E-state index in [-0.39, 0.29) is 11.4 Å². The van der Waals surface area contributed by atoms with Gasteiger partial charge in [0.15, 0.2) is 5.16 Å². The van der Waals surface area contributed by atoms with E-state index in [2.05, 4.69) is 34.2 Å². The summed E-state index contributed by atoms with van der Waals surface area (Å²) in [4.78, 5) is 18.8. The molecular formula is C17H17N3O2S. The van der Waals surface area contributed by atoms with E-state index in [4.69, 9.17) is 5.73 Å². The topological polar surface area (TPSA) is 92.0 Å². The van der Waals surface area contributed by atoms with Crippen LogP contribution in [0.15, 0.2) is 52.4 Å². The fourth-order valence-electron chi connectivity index (χ4n) is 2.51. The molecular weight excluding hydrogens is 310 g/mol. The van der Waals surface area contributed by atoms with Crippen molar-refractivity contribution in [2.45, 2.75) is 23.9 Å². The van der Waals surface area contributed by atoms with Crippen LogP contribution in [0.25, 0.3) is 10.8 Å². The first-order valence-electron chi connectivity index (χ1n) is 7.23. The molecule has 0 saturated carbocycles. The molecule has 5 nitrogen and oxygen atoms in total. The maximum absolute atomic E-state index is 12.0. The molecule has 1 aromatic heterocycles. The number of hydrogen-bond donors (Lipinski definition) is 3. The Hall–Kier alpha value is -2.31. The Bertz CT molecular complexity index is 900. The van der Waals surface area contributed by atoms with Crippen LogP contribution in [0.4, 0.5) is 5.82 Å². The Labute approximate surface area is 137 Å². The van der Waals surface area contributed by atoms with Crippen molar-refractivity contribution in [1.29, 1.82) is 0 Å². The number of nitrogen functional groups attached to an aromatic ring is 1. The molecule has 3 rings (SSSR count). The highest BCUT2D eigenvalue weighted by Crippen LogP contribution is 2.26. The largest absolute Gasteiger partial charge is 0.388 e. The van der Waals surface area contributed by atoms with Gasteiger partial charge in [0.2, 0.25) is 0 Å². The Morgan fingerprint density at radius 2 is 2.00 bits per heavy atom. The van der Waals surface area contributed by atoms with Crippen molar-refractivity contribution in [2.24, 2.45) is 0 Å². The fourth-order valence-corrected chi connectivity index (χ4v) is 3.39. The molecule has 1 atom stereocenters. The summed E-state index contributed by atoms with van der Waals surface area (Å²) in [5.74, 6) is 0.738. The quantitative estimate of drug-likeness (QED) is 0.506.